The number of carbonyl (C=O) groups excluding carboxylic acids is 2. The molecule has 0 aromatic heterocycles. The molecule has 1 N–H and O–H groups in total. The molecule has 30 heavy (non-hydrogen) atoms. The van der Waals surface area contributed by atoms with Gasteiger partial charge in [-0.05, 0) is 67.5 Å². The van der Waals surface area contributed by atoms with E-state index in [1.165, 1.54) is 0 Å². The molecule has 156 valence electrons. The molecule has 1 heterocycles. The summed E-state index contributed by atoms with van der Waals surface area (Å²) in [6.07, 6.45) is 1.68. The average molecular weight is 463 g/mol. The topological polar surface area (TPSA) is 67.9 Å². The zero-order valence-corrected chi connectivity index (χ0v) is 18.9. The van der Waals surface area contributed by atoms with E-state index in [4.69, 9.17) is 33.3 Å². The Morgan fingerprint density at radius 3 is 2.70 bits per heavy atom. The molecule has 1 saturated heterocycles. The standard InChI is InChI=1S/C21H19ClN2O4S2/c1-4-28-16-8-6-13(10-17(16)27-3)11-18-20(26)24(21(29)30-18)23-19(25)14-7-5-12(2)9-15(14)22/h5-11H,4H2,1-3H3,(H,23,25)/b18-11+. The SMILES string of the molecule is CCOc1ccc(/C=C2/SC(=S)N(NC(=O)c3ccc(C)cc3Cl)C2=O)cc1OC. The van der Waals surface area contributed by atoms with Crippen molar-refractivity contribution in [1.82, 2.24) is 10.4 Å². The zero-order valence-electron chi connectivity index (χ0n) is 16.5. The molecule has 6 nitrogen and oxygen atoms in total. The number of carbonyl (C=O) groups is 2. The molecular weight excluding hydrogens is 444 g/mol. The highest BCUT2D eigenvalue weighted by molar-refractivity contribution is 8.26. The lowest BCUT2D eigenvalue weighted by Gasteiger charge is -2.16. The predicted molar refractivity (Wildman–Crippen MR) is 123 cm³/mol. The van der Waals surface area contributed by atoms with Gasteiger partial charge in [-0.1, -0.05) is 35.5 Å². The number of amides is 2. The van der Waals surface area contributed by atoms with Gasteiger partial charge in [-0.15, -0.1) is 0 Å². The lowest BCUT2D eigenvalue weighted by atomic mass is 10.1. The van der Waals surface area contributed by atoms with E-state index in [1.807, 2.05) is 19.9 Å². The van der Waals surface area contributed by atoms with Crippen LogP contribution in [0, 0.1) is 6.92 Å². The minimum Gasteiger partial charge on any atom is -0.493 e. The van der Waals surface area contributed by atoms with Crippen LogP contribution in [-0.4, -0.2) is 34.9 Å². The second kappa shape index (κ2) is 9.51. The van der Waals surface area contributed by atoms with E-state index in [0.29, 0.717) is 28.0 Å². The lowest BCUT2D eigenvalue weighted by Crippen LogP contribution is -2.44. The molecule has 2 aromatic carbocycles. The fraction of sp³-hybridized carbons (Fsp3) is 0.190. The number of ether oxygens (including phenoxy) is 2. The van der Waals surface area contributed by atoms with Crippen molar-refractivity contribution in [2.24, 2.45) is 0 Å². The van der Waals surface area contributed by atoms with Crippen LogP contribution in [-0.2, 0) is 4.79 Å². The number of aryl methyl sites for hydroxylation is 1. The molecule has 1 fully saturated rings. The third-order valence-corrected chi connectivity index (χ3v) is 5.78. The van der Waals surface area contributed by atoms with Gasteiger partial charge in [0.15, 0.2) is 15.8 Å². The molecule has 0 bridgehead atoms. The summed E-state index contributed by atoms with van der Waals surface area (Å²) in [6, 6.07) is 10.4. The number of nitrogens with one attached hydrogen (secondary N) is 1. The van der Waals surface area contributed by atoms with E-state index in [0.717, 1.165) is 27.9 Å². The number of nitrogens with zero attached hydrogens (tertiary/aromatic N) is 1. The first kappa shape index (κ1) is 22.1. The molecule has 1 aliphatic rings. The van der Waals surface area contributed by atoms with Gasteiger partial charge in [-0.3, -0.25) is 15.0 Å². The normalized spacial score (nSPS) is 14.9. The maximum absolute atomic E-state index is 12.8. The van der Waals surface area contributed by atoms with Crippen LogP contribution in [0.15, 0.2) is 41.3 Å². The highest BCUT2D eigenvalue weighted by Crippen LogP contribution is 2.34. The number of hydrogen-bond donors (Lipinski definition) is 1. The summed E-state index contributed by atoms with van der Waals surface area (Å²) in [6.45, 7) is 4.27. The molecule has 0 radical (unpaired) electrons. The van der Waals surface area contributed by atoms with Crippen molar-refractivity contribution in [3.05, 3.63) is 63.0 Å². The van der Waals surface area contributed by atoms with Crippen LogP contribution >= 0.6 is 35.6 Å². The molecule has 0 saturated carbocycles. The molecule has 0 aliphatic carbocycles. The van der Waals surface area contributed by atoms with E-state index in [2.05, 4.69) is 5.43 Å². The number of benzene rings is 2. The highest BCUT2D eigenvalue weighted by atomic mass is 35.5. The Kier molecular flexibility index (Phi) is 7.02. The first-order valence-corrected chi connectivity index (χ1v) is 10.6. The second-order valence-electron chi connectivity index (χ2n) is 6.28. The van der Waals surface area contributed by atoms with Crippen LogP contribution < -0.4 is 14.9 Å². The fourth-order valence-electron chi connectivity index (χ4n) is 2.73. The van der Waals surface area contributed by atoms with Crippen molar-refractivity contribution in [2.45, 2.75) is 13.8 Å². The van der Waals surface area contributed by atoms with Crippen molar-refractivity contribution in [1.29, 1.82) is 0 Å². The first-order valence-electron chi connectivity index (χ1n) is 9.00. The van der Waals surface area contributed by atoms with Gasteiger partial charge in [0.05, 0.1) is 29.2 Å². The van der Waals surface area contributed by atoms with Gasteiger partial charge < -0.3 is 9.47 Å². The lowest BCUT2D eigenvalue weighted by molar-refractivity contribution is -0.123. The summed E-state index contributed by atoms with van der Waals surface area (Å²) in [7, 11) is 1.55. The number of halogens is 1. The Morgan fingerprint density at radius 1 is 1.27 bits per heavy atom. The van der Waals surface area contributed by atoms with Gasteiger partial charge in [-0.2, -0.15) is 5.01 Å². The Morgan fingerprint density at radius 2 is 2.03 bits per heavy atom. The Balaban J connectivity index is 1.79. The molecule has 0 atom stereocenters. The van der Waals surface area contributed by atoms with E-state index in [9.17, 15) is 9.59 Å². The number of thiocarbonyl (C=S) groups is 1. The molecule has 0 spiro atoms. The highest BCUT2D eigenvalue weighted by Gasteiger charge is 2.34. The molecule has 2 aromatic rings. The van der Waals surface area contributed by atoms with Crippen LogP contribution in [0.4, 0.5) is 0 Å². The third-order valence-electron chi connectivity index (χ3n) is 4.16. The van der Waals surface area contributed by atoms with Crippen LogP contribution in [0.2, 0.25) is 5.02 Å². The van der Waals surface area contributed by atoms with Crippen molar-refractivity contribution in [3.8, 4) is 11.5 Å². The molecule has 2 amide bonds. The predicted octanol–water partition coefficient (Wildman–Crippen LogP) is 4.60. The number of rotatable bonds is 6. The summed E-state index contributed by atoms with van der Waals surface area (Å²) >= 11 is 12.5. The zero-order chi connectivity index (χ0) is 21.8. The van der Waals surface area contributed by atoms with Crippen LogP contribution in [0.3, 0.4) is 0 Å². The van der Waals surface area contributed by atoms with Crippen molar-refractivity contribution in [2.75, 3.05) is 13.7 Å². The molecule has 3 rings (SSSR count). The van der Waals surface area contributed by atoms with Crippen molar-refractivity contribution in [3.63, 3.8) is 0 Å². The van der Waals surface area contributed by atoms with Crippen LogP contribution in [0.25, 0.3) is 6.08 Å². The summed E-state index contributed by atoms with van der Waals surface area (Å²) in [5.74, 6) is 0.241. The van der Waals surface area contributed by atoms with Crippen LogP contribution in [0.5, 0.6) is 11.5 Å². The second-order valence-corrected chi connectivity index (χ2v) is 8.37. The minimum atomic E-state index is -0.514. The van der Waals surface area contributed by atoms with Gasteiger partial charge in [0, 0.05) is 0 Å². The maximum atomic E-state index is 12.8. The molecular formula is C21H19ClN2O4S2. The minimum absolute atomic E-state index is 0.223. The number of hydrogen-bond acceptors (Lipinski definition) is 6. The summed E-state index contributed by atoms with van der Waals surface area (Å²) in [5.41, 5.74) is 4.46. The number of hydrazine groups is 1. The van der Waals surface area contributed by atoms with Gasteiger partial charge in [-0.25, -0.2) is 0 Å². The molecule has 1 aliphatic heterocycles. The Labute approximate surface area is 189 Å². The first-order chi connectivity index (χ1) is 14.3. The molecule has 0 unspecified atom stereocenters. The summed E-state index contributed by atoms with van der Waals surface area (Å²) in [5, 5.41) is 1.35. The monoisotopic (exact) mass is 462 g/mol. The number of thioether (sulfide) groups is 1. The van der Waals surface area contributed by atoms with E-state index < -0.39 is 11.8 Å². The quantitative estimate of drug-likeness (QED) is 0.499. The smallest absolute Gasteiger partial charge is 0.285 e. The van der Waals surface area contributed by atoms with Gasteiger partial charge in [0.1, 0.15) is 0 Å². The summed E-state index contributed by atoms with van der Waals surface area (Å²) < 4.78 is 11.1. The Bertz CT molecular complexity index is 1060. The average Bonchev–Trinajstić information content (AvgIpc) is 2.96. The maximum Gasteiger partial charge on any atom is 0.285 e. The van der Waals surface area contributed by atoms with E-state index in [1.54, 1.807) is 43.5 Å². The largest absolute Gasteiger partial charge is 0.493 e. The van der Waals surface area contributed by atoms with Crippen LogP contribution in [0.1, 0.15) is 28.4 Å². The van der Waals surface area contributed by atoms with Gasteiger partial charge >= 0.3 is 0 Å². The van der Waals surface area contributed by atoms with E-state index in [-0.39, 0.29) is 9.88 Å². The van der Waals surface area contributed by atoms with Gasteiger partial charge in [0.25, 0.3) is 11.8 Å². The van der Waals surface area contributed by atoms with Crippen molar-refractivity contribution >= 4 is 57.8 Å². The van der Waals surface area contributed by atoms with E-state index >= 15 is 0 Å². The van der Waals surface area contributed by atoms with Gasteiger partial charge in [0.2, 0.25) is 0 Å². The third kappa shape index (κ3) is 4.77. The fourth-order valence-corrected chi connectivity index (χ4v) is 4.23. The summed E-state index contributed by atoms with van der Waals surface area (Å²) in [4.78, 5) is 25.7. The molecule has 9 heteroatoms. The Hall–Kier alpha value is -2.55. The number of methoxy groups -OCH3 is 1. The van der Waals surface area contributed by atoms with Crippen molar-refractivity contribution < 1.29 is 19.1 Å².